The first kappa shape index (κ1) is 13.5. The van der Waals surface area contributed by atoms with Crippen LogP contribution < -0.4 is 10.2 Å². The molecule has 0 spiro atoms. The van der Waals surface area contributed by atoms with E-state index >= 15 is 0 Å². The Hall–Kier alpha value is -1.16. The van der Waals surface area contributed by atoms with E-state index in [1.807, 2.05) is 6.92 Å². The van der Waals surface area contributed by atoms with Gasteiger partial charge < -0.3 is 10.2 Å². The van der Waals surface area contributed by atoms with E-state index in [1.165, 1.54) is 42.8 Å². The van der Waals surface area contributed by atoms with Crippen LogP contribution in [0.25, 0.3) is 0 Å². The second-order valence-corrected chi connectivity index (χ2v) is 7.27. The molecule has 4 rings (SSSR count). The minimum atomic E-state index is 0.483. The molecule has 21 heavy (non-hydrogen) atoms. The van der Waals surface area contributed by atoms with Crippen molar-refractivity contribution in [1.29, 1.82) is 0 Å². The van der Waals surface area contributed by atoms with Gasteiger partial charge in [-0.05, 0) is 44.9 Å². The van der Waals surface area contributed by atoms with Crippen molar-refractivity contribution in [3.8, 4) is 0 Å². The summed E-state index contributed by atoms with van der Waals surface area (Å²) >= 11 is 0. The normalized spacial score (nSPS) is 31.0. The Morgan fingerprint density at radius 2 is 2.05 bits per heavy atom. The predicted molar refractivity (Wildman–Crippen MR) is 84.9 cm³/mol. The van der Waals surface area contributed by atoms with Crippen molar-refractivity contribution in [2.45, 2.75) is 76.9 Å². The first-order chi connectivity index (χ1) is 10.1. The molecule has 4 heterocycles. The highest BCUT2D eigenvalue weighted by Crippen LogP contribution is 2.38. The zero-order chi connectivity index (χ0) is 14.6. The van der Waals surface area contributed by atoms with E-state index in [4.69, 9.17) is 9.97 Å². The number of aromatic nitrogens is 2. The van der Waals surface area contributed by atoms with Crippen LogP contribution in [0.5, 0.6) is 0 Å². The highest BCUT2D eigenvalue weighted by Gasteiger charge is 2.42. The second kappa shape index (κ2) is 4.94. The average molecular weight is 286 g/mol. The van der Waals surface area contributed by atoms with Crippen LogP contribution in [0.15, 0.2) is 0 Å². The summed E-state index contributed by atoms with van der Waals surface area (Å²) in [7, 11) is 0. The van der Waals surface area contributed by atoms with Crippen LogP contribution in [0.2, 0.25) is 0 Å². The minimum absolute atomic E-state index is 0.483. The van der Waals surface area contributed by atoms with Crippen molar-refractivity contribution >= 4 is 5.82 Å². The molecule has 0 saturated carbocycles. The smallest absolute Gasteiger partial charge is 0.136 e. The van der Waals surface area contributed by atoms with Gasteiger partial charge in [0.15, 0.2) is 0 Å². The fourth-order valence-electron chi connectivity index (χ4n) is 4.53. The lowest BCUT2D eigenvalue weighted by Crippen LogP contribution is -2.58. The van der Waals surface area contributed by atoms with E-state index < -0.39 is 0 Å². The summed E-state index contributed by atoms with van der Waals surface area (Å²) in [5.74, 6) is 2.67. The van der Waals surface area contributed by atoms with Gasteiger partial charge in [-0.2, -0.15) is 0 Å². The zero-order valence-electron chi connectivity index (χ0n) is 13.4. The van der Waals surface area contributed by atoms with Gasteiger partial charge in [0, 0.05) is 30.2 Å². The molecule has 4 nitrogen and oxygen atoms in total. The van der Waals surface area contributed by atoms with Crippen LogP contribution >= 0.6 is 0 Å². The lowest BCUT2D eigenvalue weighted by Gasteiger charge is -2.41. The number of aryl methyl sites for hydroxylation is 1. The molecule has 0 aromatic carbocycles. The Labute approximate surface area is 127 Å². The maximum atomic E-state index is 4.88. The van der Waals surface area contributed by atoms with Gasteiger partial charge in [0.25, 0.3) is 0 Å². The van der Waals surface area contributed by atoms with E-state index in [0.29, 0.717) is 24.0 Å². The molecule has 0 aliphatic carbocycles. The molecule has 114 valence electrons. The summed E-state index contributed by atoms with van der Waals surface area (Å²) in [5.41, 5.74) is 2.71. The van der Waals surface area contributed by atoms with Gasteiger partial charge in [-0.1, -0.05) is 13.8 Å². The molecule has 1 aromatic heterocycles. The molecule has 3 aliphatic heterocycles. The van der Waals surface area contributed by atoms with Crippen LogP contribution in [0.3, 0.4) is 0 Å². The monoisotopic (exact) mass is 286 g/mol. The van der Waals surface area contributed by atoms with E-state index in [9.17, 15) is 0 Å². The predicted octanol–water partition coefficient (Wildman–Crippen LogP) is 2.55. The molecule has 3 unspecified atom stereocenters. The molecule has 2 bridgehead atoms. The van der Waals surface area contributed by atoms with Crippen LogP contribution in [-0.2, 0) is 6.42 Å². The van der Waals surface area contributed by atoms with Crippen molar-refractivity contribution in [2.75, 3.05) is 11.4 Å². The van der Waals surface area contributed by atoms with Gasteiger partial charge >= 0.3 is 0 Å². The summed E-state index contributed by atoms with van der Waals surface area (Å²) in [5, 5.41) is 3.82. The summed E-state index contributed by atoms with van der Waals surface area (Å²) in [6, 6.07) is 1.97. The average Bonchev–Trinajstić information content (AvgIpc) is 2.74. The standard InChI is InChI=1S/C17H26N4/c1-10(2)16-13-5-4-6-15-14-8-7-12(20-14)9-21(15)17(13)19-11(3)18-16/h10,12,14-15,20H,4-9H2,1-3H3. The molecular formula is C17H26N4. The molecule has 3 atom stereocenters. The van der Waals surface area contributed by atoms with Gasteiger partial charge in [0.1, 0.15) is 11.6 Å². The number of fused-ring (bicyclic) bond motifs is 6. The maximum Gasteiger partial charge on any atom is 0.136 e. The number of rotatable bonds is 1. The fraction of sp³-hybridized carbons (Fsp3) is 0.765. The van der Waals surface area contributed by atoms with Crippen molar-refractivity contribution < 1.29 is 0 Å². The first-order valence-electron chi connectivity index (χ1n) is 8.53. The van der Waals surface area contributed by atoms with Gasteiger partial charge in [0.2, 0.25) is 0 Å². The Balaban J connectivity index is 1.82. The summed E-state index contributed by atoms with van der Waals surface area (Å²) in [6.45, 7) is 7.68. The molecule has 2 fully saturated rings. The molecule has 1 aromatic rings. The van der Waals surface area contributed by atoms with Gasteiger partial charge in [-0.15, -0.1) is 0 Å². The maximum absolute atomic E-state index is 4.88. The second-order valence-electron chi connectivity index (χ2n) is 7.27. The van der Waals surface area contributed by atoms with Crippen molar-refractivity contribution in [1.82, 2.24) is 15.3 Å². The molecule has 0 amide bonds. The Kier molecular flexibility index (Phi) is 3.18. The lowest BCUT2D eigenvalue weighted by molar-refractivity contribution is 0.360. The molecule has 3 aliphatic rings. The number of hydrogen-bond donors (Lipinski definition) is 1. The summed E-state index contributed by atoms with van der Waals surface area (Å²) < 4.78 is 0. The summed E-state index contributed by atoms with van der Waals surface area (Å²) in [6.07, 6.45) is 6.37. The van der Waals surface area contributed by atoms with Crippen LogP contribution in [-0.4, -0.2) is 34.6 Å². The van der Waals surface area contributed by atoms with E-state index in [2.05, 4.69) is 24.1 Å². The number of nitrogens with zero attached hydrogens (tertiary/aromatic N) is 3. The zero-order valence-corrected chi connectivity index (χ0v) is 13.4. The highest BCUT2D eigenvalue weighted by atomic mass is 15.3. The van der Waals surface area contributed by atoms with Crippen molar-refractivity contribution in [2.24, 2.45) is 0 Å². The Morgan fingerprint density at radius 3 is 2.86 bits per heavy atom. The number of piperazine rings is 1. The third-order valence-electron chi connectivity index (χ3n) is 5.43. The number of nitrogens with one attached hydrogen (secondary N) is 1. The Morgan fingerprint density at radius 1 is 1.19 bits per heavy atom. The molecule has 4 heteroatoms. The van der Waals surface area contributed by atoms with Gasteiger partial charge in [-0.25, -0.2) is 9.97 Å². The number of hydrogen-bond acceptors (Lipinski definition) is 4. The topological polar surface area (TPSA) is 41.1 Å². The quantitative estimate of drug-likeness (QED) is 0.861. The van der Waals surface area contributed by atoms with Crippen molar-refractivity contribution in [3.63, 3.8) is 0 Å². The third kappa shape index (κ3) is 2.15. The van der Waals surface area contributed by atoms with E-state index in [0.717, 1.165) is 18.8 Å². The largest absolute Gasteiger partial charge is 0.350 e. The molecular weight excluding hydrogens is 260 g/mol. The third-order valence-corrected chi connectivity index (χ3v) is 5.43. The van der Waals surface area contributed by atoms with Gasteiger partial charge in [0.05, 0.1) is 5.69 Å². The minimum Gasteiger partial charge on any atom is -0.350 e. The number of anilines is 1. The SMILES string of the molecule is Cc1nc(C(C)C)c2c(n1)N1CC3CCC(N3)C1CCC2. The molecule has 2 saturated heterocycles. The van der Waals surface area contributed by atoms with Crippen LogP contribution in [0.1, 0.15) is 62.5 Å². The lowest BCUT2D eigenvalue weighted by atomic mass is 9.99. The van der Waals surface area contributed by atoms with E-state index in [-0.39, 0.29) is 0 Å². The van der Waals surface area contributed by atoms with Crippen LogP contribution in [0, 0.1) is 6.92 Å². The first-order valence-corrected chi connectivity index (χ1v) is 8.53. The summed E-state index contributed by atoms with van der Waals surface area (Å²) in [4.78, 5) is 12.3. The van der Waals surface area contributed by atoms with E-state index in [1.54, 1.807) is 0 Å². The molecule has 1 N–H and O–H groups in total. The fourth-order valence-corrected chi connectivity index (χ4v) is 4.53. The van der Waals surface area contributed by atoms with Crippen molar-refractivity contribution in [3.05, 3.63) is 17.1 Å². The van der Waals surface area contributed by atoms with Crippen LogP contribution in [0.4, 0.5) is 5.82 Å². The highest BCUT2D eigenvalue weighted by molar-refractivity contribution is 5.53. The Bertz CT molecular complexity index is 554. The van der Waals surface area contributed by atoms with Gasteiger partial charge in [-0.3, -0.25) is 0 Å². The molecule has 0 radical (unpaired) electrons.